The van der Waals surface area contributed by atoms with Crippen molar-refractivity contribution in [3.63, 3.8) is 0 Å². The summed E-state index contributed by atoms with van der Waals surface area (Å²) in [5.74, 6) is -0.653. The number of nitrogen functional groups attached to an aromatic ring is 1. The molecule has 0 radical (unpaired) electrons. The molecule has 3 aromatic rings. The SMILES string of the molecule is Cc1ccc(C(=O)c2c[nH]c3cccc(F)c23)cc1N. The summed E-state index contributed by atoms with van der Waals surface area (Å²) in [6.45, 7) is 1.87. The van der Waals surface area contributed by atoms with E-state index in [1.54, 1.807) is 30.3 Å². The lowest BCUT2D eigenvalue weighted by molar-refractivity contribution is 0.104. The van der Waals surface area contributed by atoms with Crippen LogP contribution in [-0.4, -0.2) is 10.8 Å². The van der Waals surface area contributed by atoms with Gasteiger partial charge in [0.25, 0.3) is 0 Å². The van der Waals surface area contributed by atoms with Gasteiger partial charge in [-0.05, 0) is 30.7 Å². The molecule has 0 fully saturated rings. The van der Waals surface area contributed by atoms with E-state index in [1.807, 2.05) is 6.92 Å². The predicted octanol–water partition coefficient (Wildman–Crippen LogP) is 3.43. The van der Waals surface area contributed by atoms with Crippen molar-refractivity contribution in [1.29, 1.82) is 0 Å². The molecule has 0 amide bonds. The van der Waals surface area contributed by atoms with Gasteiger partial charge in [-0.3, -0.25) is 4.79 Å². The van der Waals surface area contributed by atoms with Gasteiger partial charge in [-0.15, -0.1) is 0 Å². The van der Waals surface area contributed by atoms with Gasteiger partial charge in [0.15, 0.2) is 5.78 Å². The van der Waals surface area contributed by atoms with Gasteiger partial charge < -0.3 is 10.7 Å². The molecule has 0 spiro atoms. The number of ketones is 1. The fourth-order valence-corrected chi connectivity index (χ4v) is 2.26. The van der Waals surface area contributed by atoms with Crippen LogP contribution in [-0.2, 0) is 0 Å². The van der Waals surface area contributed by atoms with Gasteiger partial charge in [0.2, 0.25) is 0 Å². The molecule has 2 aromatic carbocycles. The van der Waals surface area contributed by atoms with Crippen LogP contribution in [0.5, 0.6) is 0 Å². The Balaban J connectivity index is 2.15. The number of fused-ring (bicyclic) bond motifs is 1. The number of benzene rings is 2. The zero-order valence-electron chi connectivity index (χ0n) is 10.9. The third-order valence-electron chi connectivity index (χ3n) is 3.44. The summed E-state index contributed by atoms with van der Waals surface area (Å²) in [5, 5.41) is 0.316. The lowest BCUT2D eigenvalue weighted by Gasteiger charge is -2.04. The molecule has 0 aliphatic rings. The second-order valence-corrected chi connectivity index (χ2v) is 4.77. The van der Waals surface area contributed by atoms with Crippen LogP contribution in [0.2, 0.25) is 0 Å². The normalized spacial score (nSPS) is 10.9. The first-order chi connectivity index (χ1) is 9.58. The third kappa shape index (κ3) is 1.86. The highest BCUT2D eigenvalue weighted by atomic mass is 19.1. The van der Waals surface area contributed by atoms with Gasteiger partial charge in [0.05, 0.1) is 5.56 Å². The largest absolute Gasteiger partial charge is 0.398 e. The number of aromatic nitrogens is 1. The quantitative estimate of drug-likeness (QED) is 0.552. The number of halogens is 1. The summed E-state index contributed by atoms with van der Waals surface area (Å²) in [6.07, 6.45) is 1.53. The summed E-state index contributed by atoms with van der Waals surface area (Å²) < 4.78 is 13.9. The zero-order chi connectivity index (χ0) is 14.3. The molecule has 0 saturated carbocycles. The molecule has 3 rings (SSSR count). The Kier molecular flexibility index (Phi) is 2.79. The fraction of sp³-hybridized carbons (Fsp3) is 0.0625. The van der Waals surface area contributed by atoms with Crippen LogP contribution >= 0.6 is 0 Å². The van der Waals surface area contributed by atoms with Crippen LogP contribution in [0, 0.1) is 12.7 Å². The average Bonchev–Trinajstić information content (AvgIpc) is 2.86. The number of aromatic amines is 1. The molecule has 0 aliphatic carbocycles. The molecule has 100 valence electrons. The highest BCUT2D eigenvalue weighted by Crippen LogP contribution is 2.25. The number of nitrogens with two attached hydrogens (primary N) is 1. The van der Waals surface area contributed by atoms with E-state index in [1.165, 1.54) is 12.3 Å². The summed E-state index contributed by atoms with van der Waals surface area (Å²) in [6, 6.07) is 9.79. The molecule has 0 unspecified atom stereocenters. The molecular formula is C16H13FN2O. The van der Waals surface area contributed by atoms with Crippen LogP contribution in [0.15, 0.2) is 42.6 Å². The summed E-state index contributed by atoms with van der Waals surface area (Å²) in [5.41, 5.74) is 8.66. The Morgan fingerprint density at radius 1 is 1.25 bits per heavy atom. The number of nitrogens with one attached hydrogen (secondary N) is 1. The van der Waals surface area contributed by atoms with Crippen LogP contribution in [0.4, 0.5) is 10.1 Å². The molecule has 0 atom stereocenters. The Labute approximate surface area is 115 Å². The van der Waals surface area contributed by atoms with Crippen molar-refractivity contribution < 1.29 is 9.18 Å². The maximum atomic E-state index is 13.9. The molecule has 3 N–H and O–H groups in total. The predicted molar refractivity (Wildman–Crippen MR) is 77.3 cm³/mol. The van der Waals surface area contributed by atoms with Crippen molar-refractivity contribution in [3.05, 3.63) is 65.1 Å². The van der Waals surface area contributed by atoms with Gasteiger partial charge in [0.1, 0.15) is 5.82 Å². The molecule has 0 saturated heterocycles. The minimum atomic E-state index is -0.410. The lowest BCUT2D eigenvalue weighted by Crippen LogP contribution is -2.02. The first-order valence-electron chi connectivity index (χ1n) is 6.24. The van der Waals surface area contributed by atoms with Gasteiger partial charge in [0, 0.05) is 28.4 Å². The van der Waals surface area contributed by atoms with E-state index in [0.29, 0.717) is 27.7 Å². The van der Waals surface area contributed by atoms with Gasteiger partial charge in [-0.1, -0.05) is 18.2 Å². The molecule has 4 heteroatoms. The van der Waals surface area contributed by atoms with Crippen LogP contribution < -0.4 is 5.73 Å². The van der Waals surface area contributed by atoms with Crippen molar-refractivity contribution in [1.82, 2.24) is 4.98 Å². The second-order valence-electron chi connectivity index (χ2n) is 4.77. The number of aryl methyl sites for hydroxylation is 1. The van der Waals surface area contributed by atoms with E-state index in [-0.39, 0.29) is 5.78 Å². The Bertz CT molecular complexity index is 820. The van der Waals surface area contributed by atoms with E-state index in [9.17, 15) is 9.18 Å². The van der Waals surface area contributed by atoms with Gasteiger partial charge in [-0.2, -0.15) is 0 Å². The smallest absolute Gasteiger partial charge is 0.195 e. The van der Waals surface area contributed by atoms with Crippen molar-refractivity contribution in [2.45, 2.75) is 6.92 Å². The summed E-state index contributed by atoms with van der Waals surface area (Å²) >= 11 is 0. The molecule has 0 aliphatic heterocycles. The van der Waals surface area contributed by atoms with Crippen LogP contribution in [0.25, 0.3) is 10.9 Å². The number of carbonyl (C=O) groups excluding carboxylic acids is 1. The van der Waals surface area contributed by atoms with Crippen molar-refractivity contribution in [2.75, 3.05) is 5.73 Å². The topological polar surface area (TPSA) is 58.9 Å². The third-order valence-corrected chi connectivity index (χ3v) is 3.44. The first-order valence-corrected chi connectivity index (χ1v) is 6.24. The van der Waals surface area contributed by atoms with Gasteiger partial charge >= 0.3 is 0 Å². The number of anilines is 1. The fourth-order valence-electron chi connectivity index (χ4n) is 2.26. The number of rotatable bonds is 2. The lowest BCUT2D eigenvalue weighted by atomic mass is 10.0. The molecule has 0 bridgehead atoms. The average molecular weight is 268 g/mol. The van der Waals surface area contributed by atoms with Crippen LogP contribution in [0.3, 0.4) is 0 Å². The Morgan fingerprint density at radius 2 is 2.05 bits per heavy atom. The first kappa shape index (κ1) is 12.4. The zero-order valence-corrected chi connectivity index (χ0v) is 10.9. The van der Waals surface area contributed by atoms with E-state index in [4.69, 9.17) is 5.73 Å². The summed E-state index contributed by atoms with van der Waals surface area (Å²) in [4.78, 5) is 15.4. The van der Waals surface area contributed by atoms with E-state index >= 15 is 0 Å². The number of H-pyrrole nitrogens is 1. The highest BCUT2D eigenvalue weighted by molar-refractivity contribution is 6.16. The number of carbonyl (C=O) groups is 1. The molecule has 1 heterocycles. The van der Waals surface area contributed by atoms with E-state index in [2.05, 4.69) is 4.98 Å². The van der Waals surface area contributed by atoms with Crippen LogP contribution in [0.1, 0.15) is 21.5 Å². The minimum Gasteiger partial charge on any atom is -0.398 e. The molecule has 20 heavy (non-hydrogen) atoms. The molecule has 3 nitrogen and oxygen atoms in total. The molecular weight excluding hydrogens is 255 g/mol. The maximum absolute atomic E-state index is 13.9. The summed E-state index contributed by atoms with van der Waals surface area (Å²) in [7, 11) is 0. The standard InChI is InChI=1S/C16H13FN2O/c1-9-5-6-10(7-13(9)18)16(20)11-8-19-14-4-2-3-12(17)15(11)14/h2-8,19H,18H2,1H3. The number of hydrogen-bond acceptors (Lipinski definition) is 2. The molecule has 1 aromatic heterocycles. The second kappa shape index (κ2) is 4.49. The highest BCUT2D eigenvalue weighted by Gasteiger charge is 2.17. The van der Waals surface area contributed by atoms with E-state index < -0.39 is 5.82 Å². The van der Waals surface area contributed by atoms with Crippen molar-refractivity contribution in [3.8, 4) is 0 Å². The van der Waals surface area contributed by atoms with Crippen molar-refractivity contribution in [2.24, 2.45) is 0 Å². The number of hydrogen-bond donors (Lipinski definition) is 2. The maximum Gasteiger partial charge on any atom is 0.195 e. The minimum absolute atomic E-state index is 0.243. The van der Waals surface area contributed by atoms with Crippen molar-refractivity contribution >= 4 is 22.4 Å². The monoisotopic (exact) mass is 268 g/mol. The Hall–Kier alpha value is -2.62. The van der Waals surface area contributed by atoms with E-state index in [0.717, 1.165) is 5.56 Å². The van der Waals surface area contributed by atoms with Gasteiger partial charge in [-0.25, -0.2) is 4.39 Å². The Morgan fingerprint density at radius 3 is 2.80 bits per heavy atom.